The van der Waals surface area contributed by atoms with Gasteiger partial charge in [0.05, 0.1) is 6.42 Å². The summed E-state index contributed by atoms with van der Waals surface area (Å²) in [6.45, 7) is 8.59. The first-order valence-electron chi connectivity index (χ1n) is 6.00. The predicted octanol–water partition coefficient (Wildman–Crippen LogP) is 1.98. The van der Waals surface area contributed by atoms with Crippen molar-refractivity contribution in [3.05, 3.63) is 0 Å². The third-order valence-electron chi connectivity index (χ3n) is 2.17. The number of carboxylic acids is 1. The van der Waals surface area contributed by atoms with Crippen LogP contribution in [0, 0.1) is 5.41 Å². The van der Waals surface area contributed by atoms with Crippen molar-refractivity contribution in [1.29, 1.82) is 0 Å². The van der Waals surface area contributed by atoms with Crippen LogP contribution in [0.2, 0.25) is 0 Å². The highest BCUT2D eigenvalue weighted by Gasteiger charge is 2.16. The summed E-state index contributed by atoms with van der Waals surface area (Å²) < 4.78 is 0. The molecular formula is C12H24N2O3. The fourth-order valence-corrected chi connectivity index (χ4v) is 1.37. The minimum Gasteiger partial charge on any atom is -0.481 e. The van der Waals surface area contributed by atoms with Crippen LogP contribution in [0.4, 0.5) is 4.79 Å². The van der Waals surface area contributed by atoms with Crippen molar-refractivity contribution >= 4 is 12.0 Å². The molecule has 3 N–H and O–H groups in total. The van der Waals surface area contributed by atoms with E-state index in [1.807, 2.05) is 27.7 Å². The maximum absolute atomic E-state index is 11.5. The normalized spacial score (nSPS) is 12.9. The van der Waals surface area contributed by atoms with Gasteiger partial charge in [-0.3, -0.25) is 4.79 Å². The molecular weight excluding hydrogens is 220 g/mol. The molecule has 17 heavy (non-hydrogen) atoms. The van der Waals surface area contributed by atoms with Gasteiger partial charge in [0.15, 0.2) is 0 Å². The highest BCUT2D eigenvalue weighted by molar-refractivity contribution is 5.75. The molecule has 0 radical (unpaired) electrons. The van der Waals surface area contributed by atoms with Gasteiger partial charge >= 0.3 is 12.0 Å². The van der Waals surface area contributed by atoms with E-state index in [1.165, 1.54) is 0 Å². The van der Waals surface area contributed by atoms with Gasteiger partial charge in [0.2, 0.25) is 0 Å². The zero-order chi connectivity index (χ0) is 13.5. The highest BCUT2D eigenvalue weighted by atomic mass is 16.4. The summed E-state index contributed by atoms with van der Waals surface area (Å²) in [5.41, 5.74) is 0.0182. The van der Waals surface area contributed by atoms with Crippen molar-refractivity contribution in [3.63, 3.8) is 0 Å². The smallest absolute Gasteiger partial charge is 0.315 e. The summed E-state index contributed by atoms with van der Waals surface area (Å²) in [5.74, 6) is -0.889. The summed E-state index contributed by atoms with van der Waals surface area (Å²) in [6, 6.07) is -0.586. The van der Waals surface area contributed by atoms with Crippen LogP contribution in [0.5, 0.6) is 0 Å². The van der Waals surface area contributed by atoms with Crippen LogP contribution in [-0.2, 0) is 4.79 Å². The Hall–Kier alpha value is -1.26. The van der Waals surface area contributed by atoms with Crippen LogP contribution in [0.3, 0.4) is 0 Å². The van der Waals surface area contributed by atoms with Crippen LogP contribution < -0.4 is 10.6 Å². The standard InChI is InChI=1S/C12H24N2O3/c1-5-6-9(7-10(15)16)14-11(17)13-8-12(2,3)4/h9H,5-8H2,1-4H3,(H,15,16)(H2,13,14,17). The third-order valence-corrected chi connectivity index (χ3v) is 2.17. The largest absolute Gasteiger partial charge is 0.481 e. The first-order chi connectivity index (χ1) is 7.74. The van der Waals surface area contributed by atoms with E-state index in [4.69, 9.17) is 5.11 Å². The molecule has 0 fully saturated rings. The van der Waals surface area contributed by atoms with Gasteiger partial charge in [-0.05, 0) is 11.8 Å². The van der Waals surface area contributed by atoms with Gasteiger partial charge in [-0.25, -0.2) is 4.79 Å². The lowest BCUT2D eigenvalue weighted by molar-refractivity contribution is -0.137. The quantitative estimate of drug-likeness (QED) is 0.668. The molecule has 5 nitrogen and oxygen atoms in total. The molecule has 0 aliphatic heterocycles. The number of carboxylic acid groups (broad SMARTS) is 1. The van der Waals surface area contributed by atoms with Gasteiger partial charge in [-0.2, -0.15) is 0 Å². The Morgan fingerprint density at radius 2 is 1.88 bits per heavy atom. The number of carbonyl (C=O) groups is 2. The van der Waals surface area contributed by atoms with Crippen LogP contribution in [-0.4, -0.2) is 29.7 Å². The molecule has 1 unspecified atom stereocenters. The number of aliphatic carboxylic acids is 1. The lowest BCUT2D eigenvalue weighted by atomic mass is 9.97. The second-order valence-corrected chi connectivity index (χ2v) is 5.47. The molecule has 0 heterocycles. The monoisotopic (exact) mass is 244 g/mol. The highest BCUT2D eigenvalue weighted by Crippen LogP contribution is 2.10. The van der Waals surface area contributed by atoms with Gasteiger partial charge in [0.1, 0.15) is 0 Å². The molecule has 0 aromatic heterocycles. The average Bonchev–Trinajstić information content (AvgIpc) is 2.13. The lowest BCUT2D eigenvalue weighted by Gasteiger charge is -2.21. The van der Waals surface area contributed by atoms with Gasteiger partial charge < -0.3 is 15.7 Å². The van der Waals surface area contributed by atoms with Crippen LogP contribution in [0.25, 0.3) is 0 Å². The Morgan fingerprint density at radius 3 is 2.29 bits per heavy atom. The topological polar surface area (TPSA) is 78.4 Å². The fourth-order valence-electron chi connectivity index (χ4n) is 1.37. The molecule has 0 aliphatic rings. The first kappa shape index (κ1) is 15.7. The Kier molecular flexibility index (Phi) is 6.61. The van der Waals surface area contributed by atoms with Crippen molar-refractivity contribution in [2.24, 2.45) is 5.41 Å². The Labute approximate surface area is 103 Å². The lowest BCUT2D eigenvalue weighted by Crippen LogP contribution is -2.45. The van der Waals surface area contributed by atoms with Gasteiger partial charge in [-0.1, -0.05) is 34.1 Å². The van der Waals surface area contributed by atoms with E-state index in [0.717, 1.165) is 6.42 Å². The van der Waals surface area contributed by atoms with Gasteiger partial charge in [-0.15, -0.1) is 0 Å². The zero-order valence-corrected chi connectivity index (χ0v) is 11.2. The number of carbonyl (C=O) groups excluding carboxylic acids is 1. The molecule has 2 amide bonds. The van der Waals surface area contributed by atoms with Crippen molar-refractivity contribution in [1.82, 2.24) is 10.6 Å². The second-order valence-electron chi connectivity index (χ2n) is 5.47. The van der Waals surface area contributed by atoms with Crippen molar-refractivity contribution in [2.45, 2.75) is 53.0 Å². The Bertz CT molecular complexity index is 259. The van der Waals surface area contributed by atoms with Gasteiger partial charge in [0.25, 0.3) is 0 Å². The van der Waals surface area contributed by atoms with E-state index in [2.05, 4.69) is 10.6 Å². The van der Waals surface area contributed by atoms with Crippen LogP contribution >= 0.6 is 0 Å². The third kappa shape index (κ3) is 9.66. The first-order valence-corrected chi connectivity index (χ1v) is 6.00. The number of nitrogens with one attached hydrogen (secondary N) is 2. The second kappa shape index (κ2) is 7.14. The molecule has 0 saturated heterocycles. The summed E-state index contributed by atoms with van der Waals surface area (Å²) in [6.07, 6.45) is 1.49. The minimum atomic E-state index is -0.889. The van der Waals surface area contributed by atoms with Gasteiger partial charge in [0, 0.05) is 12.6 Å². The maximum atomic E-state index is 11.5. The van der Waals surface area contributed by atoms with Crippen LogP contribution in [0.15, 0.2) is 0 Å². The predicted molar refractivity (Wildman–Crippen MR) is 66.9 cm³/mol. The van der Waals surface area contributed by atoms with E-state index >= 15 is 0 Å². The minimum absolute atomic E-state index is 0.0182. The molecule has 0 saturated carbocycles. The van der Waals surface area contributed by atoms with Crippen LogP contribution in [0.1, 0.15) is 47.0 Å². The van der Waals surface area contributed by atoms with E-state index in [-0.39, 0.29) is 23.9 Å². The van der Waals surface area contributed by atoms with E-state index < -0.39 is 5.97 Å². The van der Waals surface area contributed by atoms with E-state index in [0.29, 0.717) is 13.0 Å². The molecule has 1 atom stereocenters. The maximum Gasteiger partial charge on any atom is 0.315 e. The average molecular weight is 244 g/mol. The summed E-state index contributed by atoms with van der Waals surface area (Å²) >= 11 is 0. The molecule has 5 heteroatoms. The molecule has 0 aromatic rings. The Morgan fingerprint density at radius 1 is 1.29 bits per heavy atom. The van der Waals surface area contributed by atoms with Crippen molar-refractivity contribution in [2.75, 3.05) is 6.54 Å². The van der Waals surface area contributed by atoms with Crippen molar-refractivity contribution in [3.8, 4) is 0 Å². The molecule has 0 rings (SSSR count). The molecule has 0 aromatic carbocycles. The molecule has 100 valence electrons. The molecule has 0 spiro atoms. The van der Waals surface area contributed by atoms with E-state index in [9.17, 15) is 9.59 Å². The number of rotatable bonds is 6. The molecule has 0 aliphatic carbocycles. The number of amides is 2. The summed E-state index contributed by atoms with van der Waals surface area (Å²) in [7, 11) is 0. The fraction of sp³-hybridized carbons (Fsp3) is 0.833. The van der Waals surface area contributed by atoms with Crippen molar-refractivity contribution < 1.29 is 14.7 Å². The Balaban J connectivity index is 4.07. The SMILES string of the molecule is CCCC(CC(=O)O)NC(=O)NCC(C)(C)C. The zero-order valence-electron chi connectivity index (χ0n) is 11.2. The number of hydrogen-bond acceptors (Lipinski definition) is 2. The summed E-state index contributed by atoms with van der Waals surface area (Å²) in [4.78, 5) is 22.2. The molecule has 0 bridgehead atoms. The number of urea groups is 1. The number of hydrogen-bond donors (Lipinski definition) is 3. The van der Waals surface area contributed by atoms with E-state index in [1.54, 1.807) is 0 Å². The summed E-state index contributed by atoms with van der Waals surface area (Å²) in [5, 5.41) is 14.1.